The van der Waals surface area contributed by atoms with Gasteiger partial charge in [-0.1, -0.05) is 35.6 Å². The molecule has 0 aliphatic carbocycles. The maximum absolute atomic E-state index is 11.3. The van der Waals surface area contributed by atoms with Crippen molar-refractivity contribution in [3.05, 3.63) is 54.1 Å². The summed E-state index contributed by atoms with van der Waals surface area (Å²) in [5.74, 6) is 0. The van der Waals surface area contributed by atoms with Crippen molar-refractivity contribution in [1.82, 2.24) is 10.4 Å². The summed E-state index contributed by atoms with van der Waals surface area (Å²) in [5.41, 5.74) is 5.88. The second-order valence-corrected chi connectivity index (χ2v) is 6.25. The molecule has 0 aliphatic rings. The molecule has 2 aromatic carbocycles. The molecule has 0 saturated carbocycles. The highest BCUT2D eigenvalue weighted by atomic mass is 32.1. The largest absolute Gasteiger partial charge is 0.449 e. The number of ether oxygens (including phenoxy) is 1. The van der Waals surface area contributed by atoms with Gasteiger partial charge in [-0.3, -0.25) is 0 Å². The molecule has 0 aliphatic heterocycles. The lowest BCUT2D eigenvalue weighted by Gasteiger charge is -2.05. The average Bonchev–Trinajstić information content (AvgIpc) is 3.03. The third-order valence-corrected chi connectivity index (χ3v) is 4.39. The van der Waals surface area contributed by atoms with Crippen molar-refractivity contribution in [3.63, 3.8) is 0 Å². The van der Waals surface area contributed by atoms with E-state index in [4.69, 9.17) is 4.74 Å². The van der Waals surface area contributed by atoms with Gasteiger partial charge in [-0.25, -0.2) is 15.2 Å². The number of aromatic nitrogens is 1. The van der Waals surface area contributed by atoms with Crippen molar-refractivity contribution in [2.45, 2.75) is 13.8 Å². The van der Waals surface area contributed by atoms with E-state index in [2.05, 4.69) is 26.9 Å². The van der Waals surface area contributed by atoms with E-state index in [9.17, 15) is 4.79 Å². The molecule has 6 nitrogen and oxygen atoms in total. The fraction of sp³-hybridized carbons (Fsp3) is 0.167. The molecule has 25 heavy (non-hydrogen) atoms. The number of hydrogen-bond donors (Lipinski definition) is 2. The third kappa shape index (κ3) is 4.33. The number of carbonyl (C=O) groups is 1. The number of amides is 1. The van der Waals surface area contributed by atoms with Crippen LogP contribution in [0.25, 0.3) is 10.2 Å². The summed E-state index contributed by atoms with van der Waals surface area (Å²) in [6.45, 7) is 3.88. The van der Waals surface area contributed by atoms with Gasteiger partial charge in [0.15, 0.2) is 5.13 Å². The Balaban J connectivity index is 1.67. The maximum Gasteiger partial charge on any atom is 0.427 e. The van der Waals surface area contributed by atoms with Crippen molar-refractivity contribution >= 4 is 44.2 Å². The third-order valence-electron chi connectivity index (χ3n) is 3.44. The highest BCUT2D eigenvalue weighted by molar-refractivity contribution is 7.22. The molecular weight excluding hydrogens is 336 g/mol. The Kier molecular flexibility index (Phi) is 5.25. The SMILES string of the molecule is CCOC(=O)N/N=C(/C)c1ccc(Nc2nc3ccccc3s2)cc1. The molecule has 0 fully saturated rings. The number of benzene rings is 2. The monoisotopic (exact) mass is 354 g/mol. The molecule has 0 radical (unpaired) electrons. The number of hydrogen-bond acceptors (Lipinski definition) is 6. The number of anilines is 2. The van der Waals surface area contributed by atoms with E-state index in [1.807, 2.05) is 49.4 Å². The zero-order valence-electron chi connectivity index (χ0n) is 13.9. The van der Waals surface area contributed by atoms with Crippen molar-refractivity contribution in [3.8, 4) is 0 Å². The van der Waals surface area contributed by atoms with Gasteiger partial charge in [-0.2, -0.15) is 5.10 Å². The van der Waals surface area contributed by atoms with Gasteiger partial charge in [0.2, 0.25) is 0 Å². The predicted octanol–water partition coefficient (Wildman–Crippen LogP) is 4.51. The van der Waals surface area contributed by atoms with E-state index >= 15 is 0 Å². The summed E-state index contributed by atoms with van der Waals surface area (Å²) in [6.07, 6.45) is -0.559. The number of fused-ring (bicyclic) bond motifs is 1. The lowest BCUT2D eigenvalue weighted by molar-refractivity contribution is 0.152. The number of rotatable bonds is 5. The topological polar surface area (TPSA) is 75.6 Å². The maximum atomic E-state index is 11.3. The number of carbonyl (C=O) groups excluding carboxylic acids is 1. The summed E-state index contributed by atoms with van der Waals surface area (Å²) >= 11 is 1.61. The molecule has 7 heteroatoms. The van der Waals surface area contributed by atoms with Gasteiger partial charge in [0.05, 0.1) is 22.5 Å². The minimum absolute atomic E-state index is 0.312. The van der Waals surface area contributed by atoms with Crippen LogP contribution in [-0.4, -0.2) is 23.4 Å². The van der Waals surface area contributed by atoms with Crippen LogP contribution < -0.4 is 10.7 Å². The molecule has 0 unspecified atom stereocenters. The summed E-state index contributed by atoms with van der Waals surface area (Å²) in [6, 6.07) is 15.8. The predicted molar refractivity (Wildman–Crippen MR) is 102 cm³/mol. The molecule has 3 aromatic rings. The summed E-state index contributed by atoms with van der Waals surface area (Å²) in [5, 5.41) is 8.17. The molecule has 1 aromatic heterocycles. The van der Waals surface area contributed by atoms with Crippen LogP contribution in [0.2, 0.25) is 0 Å². The molecule has 0 bridgehead atoms. The minimum Gasteiger partial charge on any atom is -0.449 e. The van der Waals surface area contributed by atoms with Gasteiger partial charge in [-0.05, 0) is 43.7 Å². The number of para-hydroxylation sites is 1. The first-order valence-electron chi connectivity index (χ1n) is 7.86. The van der Waals surface area contributed by atoms with Gasteiger partial charge in [-0.15, -0.1) is 0 Å². The van der Waals surface area contributed by atoms with Crippen LogP contribution in [0.1, 0.15) is 19.4 Å². The van der Waals surface area contributed by atoms with Gasteiger partial charge < -0.3 is 10.1 Å². The van der Waals surface area contributed by atoms with Crippen molar-refractivity contribution in [1.29, 1.82) is 0 Å². The Morgan fingerprint density at radius 2 is 1.96 bits per heavy atom. The summed E-state index contributed by atoms with van der Waals surface area (Å²) in [7, 11) is 0. The van der Waals surface area contributed by atoms with Crippen LogP contribution in [-0.2, 0) is 4.74 Å². The number of hydrazone groups is 1. The molecule has 1 heterocycles. The first-order valence-corrected chi connectivity index (χ1v) is 8.67. The number of nitrogens with one attached hydrogen (secondary N) is 2. The Bertz CT molecular complexity index is 870. The molecule has 128 valence electrons. The molecule has 0 spiro atoms. The fourth-order valence-corrected chi connectivity index (χ4v) is 3.09. The van der Waals surface area contributed by atoms with Crippen LogP contribution in [0.4, 0.5) is 15.6 Å². The van der Waals surface area contributed by atoms with Crippen LogP contribution in [0.15, 0.2) is 53.6 Å². The Morgan fingerprint density at radius 3 is 2.68 bits per heavy atom. The Labute approximate surface area is 149 Å². The zero-order valence-corrected chi connectivity index (χ0v) is 14.8. The Morgan fingerprint density at radius 1 is 1.20 bits per heavy atom. The first kappa shape index (κ1) is 16.9. The summed E-state index contributed by atoms with van der Waals surface area (Å²) in [4.78, 5) is 15.8. The number of nitrogens with zero attached hydrogens (tertiary/aromatic N) is 2. The molecule has 0 atom stereocenters. The highest BCUT2D eigenvalue weighted by Crippen LogP contribution is 2.28. The zero-order chi connectivity index (χ0) is 17.6. The first-order chi connectivity index (χ1) is 12.2. The van der Waals surface area contributed by atoms with Crippen LogP contribution in [0, 0.1) is 0 Å². The highest BCUT2D eigenvalue weighted by Gasteiger charge is 2.04. The van der Waals surface area contributed by atoms with E-state index in [0.29, 0.717) is 12.3 Å². The molecule has 3 rings (SSSR count). The van der Waals surface area contributed by atoms with Crippen molar-refractivity contribution < 1.29 is 9.53 Å². The average molecular weight is 354 g/mol. The van der Waals surface area contributed by atoms with Gasteiger partial charge >= 0.3 is 6.09 Å². The quantitative estimate of drug-likeness (QED) is 0.522. The van der Waals surface area contributed by atoms with Crippen LogP contribution in [0.5, 0.6) is 0 Å². The Hall–Kier alpha value is -2.93. The molecule has 2 N–H and O–H groups in total. The molecular formula is C18H18N4O2S. The van der Waals surface area contributed by atoms with Crippen LogP contribution in [0.3, 0.4) is 0 Å². The lowest BCUT2D eigenvalue weighted by atomic mass is 10.1. The standard InChI is InChI=1S/C18H18N4O2S/c1-3-24-18(23)22-21-12(2)13-8-10-14(11-9-13)19-17-20-15-6-4-5-7-16(15)25-17/h4-11H,3H2,1-2H3,(H,19,20)(H,22,23)/b21-12-. The second kappa shape index (κ2) is 7.76. The molecule has 1 amide bonds. The van der Waals surface area contributed by atoms with E-state index in [1.54, 1.807) is 18.3 Å². The van der Waals surface area contributed by atoms with Gasteiger partial charge in [0.25, 0.3) is 0 Å². The summed E-state index contributed by atoms with van der Waals surface area (Å²) < 4.78 is 5.91. The fourth-order valence-electron chi connectivity index (χ4n) is 2.20. The molecule has 0 saturated heterocycles. The van der Waals surface area contributed by atoms with E-state index in [-0.39, 0.29) is 0 Å². The van der Waals surface area contributed by atoms with Gasteiger partial charge in [0, 0.05) is 5.69 Å². The lowest BCUT2D eigenvalue weighted by Crippen LogP contribution is -2.20. The van der Waals surface area contributed by atoms with Crippen LogP contribution >= 0.6 is 11.3 Å². The van der Waals surface area contributed by atoms with Gasteiger partial charge in [0.1, 0.15) is 0 Å². The normalized spacial score (nSPS) is 11.4. The number of thiazole rings is 1. The van der Waals surface area contributed by atoms with E-state index < -0.39 is 6.09 Å². The second-order valence-electron chi connectivity index (χ2n) is 5.22. The minimum atomic E-state index is -0.559. The van der Waals surface area contributed by atoms with E-state index in [0.717, 1.165) is 26.6 Å². The van der Waals surface area contributed by atoms with Crippen molar-refractivity contribution in [2.24, 2.45) is 5.10 Å². The van der Waals surface area contributed by atoms with E-state index in [1.165, 1.54) is 0 Å². The smallest absolute Gasteiger partial charge is 0.427 e. The van der Waals surface area contributed by atoms with Crippen molar-refractivity contribution in [2.75, 3.05) is 11.9 Å².